The highest BCUT2D eigenvalue weighted by atomic mass is 79.9. The molecule has 8 heteroatoms. The van der Waals surface area contributed by atoms with Crippen molar-refractivity contribution in [3.63, 3.8) is 0 Å². The molecule has 1 aliphatic rings. The zero-order chi connectivity index (χ0) is 25.7. The summed E-state index contributed by atoms with van der Waals surface area (Å²) in [6.45, 7) is 7.25. The summed E-state index contributed by atoms with van der Waals surface area (Å²) < 4.78 is 3.88. The highest BCUT2D eigenvalue weighted by Gasteiger charge is 2.28. The number of halogens is 2. The molecule has 38 heavy (non-hydrogen) atoms. The van der Waals surface area contributed by atoms with E-state index < -0.39 is 0 Å². The second-order valence-electron chi connectivity index (χ2n) is 10.2. The topological polar surface area (TPSA) is 38.1 Å². The van der Waals surface area contributed by atoms with Gasteiger partial charge < -0.3 is 21.5 Å². The van der Waals surface area contributed by atoms with Crippen LogP contribution in [0.3, 0.4) is 0 Å². The molecule has 1 fully saturated rings. The van der Waals surface area contributed by atoms with Gasteiger partial charge in [0, 0.05) is 42.0 Å². The average molecular weight is 659 g/mol. The molecule has 0 spiro atoms. The lowest BCUT2D eigenvalue weighted by Gasteiger charge is -2.42. The number of aromatic nitrogens is 2. The number of rotatable bonds is 9. The number of thioether (sulfide) groups is 1. The van der Waals surface area contributed by atoms with Crippen LogP contribution in [0.25, 0.3) is 10.9 Å². The minimum absolute atomic E-state index is 0. The Morgan fingerprint density at radius 2 is 1.58 bits per heavy atom. The quantitative estimate of drug-likeness (QED) is 0.158. The van der Waals surface area contributed by atoms with Crippen molar-refractivity contribution < 1.29 is 21.5 Å². The normalized spacial score (nSPS) is 15.3. The second kappa shape index (κ2) is 13.4. The van der Waals surface area contributed by atoms with Gasteiger partial charge in [0.2, 0.25) is 0 Å². The fourth-order valence-electron chi connectivity index (χ4n) is 5.05. The third-order valence-electron chi connectivity index (χ3n) is 7.27. The van der Waals surface area contributed by atoms with Crippen molar-refractivity contribution in [2.45, 2.75) is 30.4 Å². The first kappa shape index (κ1) is 29.0. The molecule has 1 aromatic heterocycles. The molecule has 0 radical (unpaired) electrons. The summed E-state index contributed by atoms with van der Waals surface area (Å²) in [6.07, 6.45) is 0.933. The van der Waals surface area contributed by atoms with E-state index in [1.165, 1.54) is 11.1 Å². The van der Waals surface area contributed by atoms with Crippen LogP contribution in [-0.4, -0.2) is 58.7 Å². The molecule has 0 amide bonds. The molecule has 0 bridgehead atoms. The largest absolute Gasteiger partial charge is 1.00 e. The predicted molar refractivity (Wildman–Crippen MR) is 157 cm³/mol. The number of likely N-dealkylation sites (N-methyl/N-ethyl adjacent to an activating group) is 1. The van der Waals surface area contributed by atoms with Crippen LogP contribution in [0.1, 0.15) is 17.5 Å². The Labute approximate surface area is 248 Å². The van der Waals surface area contributed by atoms with E-state index in [1.807, 2.05) is 28.8 Å². The Morgan fingerprint density at radius 3 is 2.26 bits per heavy atom. The molecule has 3 aromatic carbocycles. The zero-order valence-corrected chi connectivity index (χ0v) is 25.7. The second-order valence-corrected chi connectivity index (χ2v) is 12.1. The van der Waals surface area contributed by atoms with Gasteiger partial charge in [-0.2, -0.15) is 0 Å². The number of piperazine rings is 1. The van der Waals surface area contributed by atoms with Gasteiger partial charge in [0.25, 0.3) is 5.56 Å². The Balaban J connectivity index is 0.00000336. The van der Waals surface area contributed by atoms with Crippen molar-refractivity contribution in [1.82, 2.24) is 14.5 Å². The van der Waals surface area contributed by atoms with E-state index in [0.717, 1.165) is 71.1 Å². The summed E-state index contributed by atoms with van der Waals surface area (Å²) in [5.74, 6) is 0.791. The average Bonchev–Trinajstić information content (AvgIpc) is 2.91. The van der Waals surface area contributed by atoms with E-state index >= 15 is 0 Å². The Morgan fingerprint density at radius 1 is 0.921 bits per heavy atom. The van der Waals surface area contributed by atoms with Crippen molar-refractivity contribution in [3.8, 4) is 0 Å². The smallest absolute Gasteiger partial charge is 0.262 e. The summed E-state index contributed by atoms with van der Waals surface area (Å²) in [4.78, 5) is 21.0. The van der Waals surface area contributed by atoms with Crippen LogP contribution in [0.5, 0.6) is 0 Å². The molecule has 4 aromatic rings. The maximum Gasteiger partial charge on any atom is 0.262 e. The van der Waals surface area contributed by atoms with E-state index in [-0.39, 0.29) is 22.5 Å². The van der Waals surface area contributed by atoms with Gasteiger partial charge in [0.15, 0.2) is 5.16 Å². The summed E-state index contributed by atoms with van der Waals surface area (Å²) in [5.41, 5.74) is 3.45. The predicted octanol–water partition coefficient (Wildman–Crippen LogP) is 2.81. The first-order valence-electron chi connectivity index (χ1n) is 13.0. The van der Waals surface area contributed by atoms with Crippen LogP contribution in [0.4, 0.5) is 0 Å². The molecular weight excluding hydrogens is 624 g/mol. The van der Waals surface area contributed by atoms with E-state index in [1.54, 1.807) is 11.8 Å². The number of quaternary nitrogens is 1. The molecule has 0 aliphatic carbocycles. The summed E-state index contributed by atoms with van der Waals surface area (Å²) in [5, 5.41) is 1.47. The molecule has 0 unspecified atom stereocenters. The molecule has 0 N–H and O–H groups in total. The molecule has 0 atom stereocenters. The van der Waals surface area contributed by atoms with Crippen LogP contribution in [0.2, 0.25) is 0 Å². The Hall–Kier alpha value is -1.97. The lowest BCUT2D eigenvalue weighted by atomic mass is 10.1. The van der Waals surface area contributed by atoms with Gasteiger partial charge in [-0.05, 0) is 30.2 Å². The molecule has 1 aliphatic heterocycles. The summed E-state index contributed by atoms with van der Waals surface area (Å²) in [6, 6.07) is 27.0. The molecule has 5 nitrogen and oxygen atoms in total. The first-order valence-corrected chi connectivity index (χ1v) is 14.7. The highest BCUT2D eigenvalue weighted by Crippen LogP contribution is 2.24. The van der Waals surface area contributed by atoms with Crippen LogP contribution in [0, 0.1) is 0 Å². The summed E-state index contributed by atoms with van der Waals surface area (Å²) >= 11 is 5.16. The van der Waals surface area contributed by atoms with Crippen molar-refractivity contribution >= 4 is 38.6 Å². The van der Waals surface area contributed by atoms with Gasteiger partial charge in [0.05, 0.1) is 31.0 Å². The van der Waals surface area contributed by atoms with Gasteiger partial charge in [-0.1, -0.05) is 88.4 Å². The minimum atomic E-state index is 0. The molecule has 5 rings (SSSR count). The third kappa shape index (κ3) is 7.36. The number of hydrogen-bond acceptors (Lipinski definition) is 4. The van der Waals surface area contributed by atoms with Crippen LogP contribution >= 0.6 is 27.7 Å². The number of benzene rings is 3. The minimum Gasteiger partial charge on any atom is -1.00 e. The van der Waals surface area contributed by atoms with Gasteiger partial charge in [-0.15, -0.1) is 0 Å². The summed E-state index contributed by atoms with van der Waals surface area (Å²) in [7, 11) is 2.37. The number of nitrogens with zero attached hydrogens (tertiary/aromatic N) is 4. The molecule has 2 heterocycles. The van der Waals surface area contributed by atoms with Crippen molar-refractivity contribution in [3.05, 3.63) is 105 Å². The lowest BCUT2D eigenvalue weighted by molar-refractivity contribution is -0.926. The monoisotopic (exact) mass is 656 g/mol. The van der Waals surface area contributed by atoms with E-state index in [4.69, 9.17) is 4.98 Å². The molecular formula is C30H34Br2N4OS. The van der Waals surface area contributed by atoms with Gasteiger partial charge in [-0.3, -0.25) is 14.3 Å². The third-order valence-corrected chi connectivity index (χ3v) is 8.81. The maximum atomic E-state index is 13.5. The van der Waals surface area contributed by atoms with Crippen molar-refractivity contribution in [2.75, 3.05) is 39.8 Å². The number of hydrogen-bond donors (Lipinski definition) is 0. The van der Waals surface area contributed by atoms with Crippen molar-refractivity contribution in [2.24, 2.45) is 0 Å². The Kier molecular flexibility index (Phi) is 10.2. The molecule has 0 saturated carbocycles. The highest BCUT2D eigenvalue weighted by molar-refractivity contribution is 9.10. The van der Waals surface area contributed by atoms with Gasteiger partial charge in [0.1, 0.15) is 6.54 Å². The SMILES string of the molecule is C[N+]1(Cc2ccccc2)CCN(CCCn2c(SCc3ccccc3)nc3ccc(Br)cc3c2=O)CC1.[Br-]. The standard InChI is InChI=1S/C30H34BrN4OS.BrH/c1-35(22-24-9-4-2-5-10-24)19-17-33(18-20-35)15-8-16-34-29(36)27-21-26(31)13-14-28(27)32-30(34)37-23-25-11-6-3-7-12-25;/h2-7,9-14,21H,8,15-20,22-23H2,1H3;1H/q+1;/p-1. The van der Waals surface area contributed by atoms with Crippen molar-refractivity contribution in [1.29, 1.82) is 0 Å². The molecule has 200 valence electrons. The van der Waals surface area contributed by atoms with E-state index in [0.29, 0.717) is 11.9 Å². The van der Waals surface area contributed by atoms with Crippen LogP contribution < -0.4 is 22.5 Å². The fraction of sp³-hybridized carbons (Fsp3) is 0.333. The van der Waals surface area contributed by atoms with Crippen LogP contribution in [0.15, 0.2) is 93.3 Å². The van der Waals surface area contributed by atoms with E-state index in [2.05, 4.69) is 82.5 Å². The first-order chi connectivity index (χ1) is 18.0. The lowest BCUT2D eigenvalue weighted by Crippen LogP contribution is -3.00. The van der Waals surface area contributed by atoms with E-state index in [9.17, 15) is 4.79 Å². The van der Waals surface area contributed by atoms with Crippen LogP contribution in [-0.2, 0) is 18.8 Å². The van der Waals surface area contributed by atoms with Gasteiger partial charge in [-0.25, -0.2) is 4.98 Å². The molecule has 1 saturated heterocycles. The zero-order valence-electron chi connectivity index (χ0n) is 21.7. The van der Waals surface area contributed by atoms with Gasteiger partial charge >= 0.3 is 0 Å². The number of fused-ring (bicyclic) bond motifs is 1. The Bertz CT molecular complexity index is 1390. The maximum absolute atomic E-state index is 13.5. The fourth-order valence-corrected chi connectivity index (χ4v) is 6.39.